The van der Waals surface area contributed by atoms with Crippen LogP contribution < -0.4 is 5.73 Å². The molecule has 0 heterocycles. The van der Waals surface area contributed by atoms with Crippen LogP contribution in [0.3, 0.4) is 0 Å². The van der Waals surface area contributed by atoms with E-state index in [1.165, 1.54) is 57.8 Å². The zero-order valence-electron chi connectivity index (χ0n) is 9.10. The molecule has 0 aromatic carbocycles. The number of nitrogens with two attached hydrogens (primary N) is 1. The van der Waals surface area contributed by atoms with Crippen LogP contribution >= 0.6 is 0 Å². The molecule has 0 bridgehead atoms. The fraction of sp³-hybridized carbons (Fsp3) is 1.00. The molecule has 1 fully saturated rings. The normalized spacial score (nSPS) is 22.6. The predicted octanol–water partition coefficient (Wildman–Crippen LogP) is 3.47. The van der Waals surface area contributed by atoms with Gasteiger partial charge in [-0.25, -0.2) is 0 Å². The van der Waals surface area contributed by atoms with Gasteiger partial charge in [0.25, 0.3) is 0 Å². The minimum atomic E-state index is 0.480. The van der Waals surface area contributed by atoms with Gasteiger partial charge in [-0.2, -0.15) is 0 Å². The zero-order valence-corrected chi connectivity index (χ0v) is 9.10. The van der Waals surface area contributed by atoms with E-state index in [1.807, 2.05) is 0 Å². The van der Waals surface area contributed by atoms with E-state index in [9.17, 15) is 0 Å². The van der Waals surface area contributed by atoms with Gasteiger partial charge in [0.1, 0.15) is 0 Å². The lowest BCUT2D eigenvalue weighted by Gasteiger charge is -2.18. The van der Waals surface area contributed by atoms with E-state index in [2.05, 4.69) is 6.92 Å². The molecule has 1 saturated carbocycles. The zero-order chi connectivity index (χ0) is 9.52. The molecule has 0 aromatic heterocycles. The van der Waals surface area contributed by atoms with Gasteiger partial charge >= 0.3 is 0 Å². The highest BCUT2D eigenvalue weighted by molar-refractivity contribution is 4.70. The molecular weight excluding hydrogens is 158 g/mol. The van der Waals surface area contributed by atoms with E-state index < -0.39 is 0 Å². The molecular formula is C12H25N. The lowest BCUT2D eigenvalue weighted by atomic mass is 9.91. The maximum absolute atomic E-state index is 6.07. The summed E-state index contributed by atoms with van der Waals surface area (Å²) in [6, 6.07) is 0.480. The van der Waals surface area contributed by atoms with Crippen molar-refractivity contribution in [1.82, 2.24) is 0 Å². The molecule has 1 aliphatic rings. The fourth-order valence-corrected chi connectivity index (χ4v) is 2.52. The van der Waals surface area contributed by atoms with Crippen LogP contribution in [0.5, 0.6) is 0 Å². The summed E-state index contributed by atoms with van der Waals surface area (Å²) in [4.78, 5) is 0. The largest absolute Gasteiger partial charge is 0.328 e. The van der Waals surface area contributed by atoms with Crippen molar-refractivity contribution >= 4 is 0 Å². The van der Waals surface area contributed by atoms with Crippen molar-refractivity contribution in [2.24, 2.45) is 11.7 Å². The van der Waals surface area contributed by atoms with E-state index in [1.54, 1.807) is 0 Å². The molecule has 1 atom stereocenters. The molecule has 0 saturated heterocycles. The Morgan fingerprint density at radius 3 is 2.31 bits per heavy atom. The SMILES string of the molecule is CCCC(N)CC1CCCCCC1. The summed E-state index contributed by atoms with van der Waals surface area (Å²) < 4.78 is 0. The van der Waals surface area contributed by atoms with Crippen LogP contribution in [0, 0.1) is 5.92 Å². The Hall–Kier alpha value is -0.0400. The van der Waals surface area contributed by atoms with Crippen LogP contribution in [0.25, 0.3) is 0 Å². The summed E-state index contributed by atoms with van der Waals surface area (Å²) in [5.74, 6) is 0.948. The number of hydrogen-bond donors (Lipinski definition) is 1. The summed E-state index contributed by atoms with van der Waals surface area (Å²) in [7, 11) is 0. The summed E-state index contributed by atoms with van der Waals surface area (Å²) >= 11 is 0. The lowest BCUT2D eigenvalue weighted by molar-refractivity contribution is 0.377. The lowest BCUT2D eigenvalue weighted by Crippen LogP contribution is -2.23. The van der Waals surface area contributed by atoms with Crippen LogP contribution in [0.15, 0.2) is 0 Å². The maximum Gasteiger partial charge on any atom is 0.00413 e. The molecule has 2 N–H and O–H groups in total. The van der Waals surface area contributed by atoms with Gasteiger partial charge in [-0.05, 0) is 18.8 Å². The van der Waals surface area contributed by atoms with Crippen LogP contribution in [-0.4, -0.2) is 6.04 Å². The Morgan fingerprint density at radius 1 is 1.15 bits per heavy atom. The summed E-state index contributed by atoms with van der Waals surface area (Å²) in [6.07, 6.45) is 12.4. The molecule has 13 heavy (non-hydrogen) atoms. The topological polar surface area (TPSA) is 26.0 Å². The van der Waals surface area contributed by atoms with Crippen molar-refractivity contribution in [1.29, 1.82) is 0 Å². The van der Waals surface area contributed by atoms with Gasteiger partial charge in [0.2, 0.25) is 0 Å². The van der Waals surface area contributed by atoms with Crippen molar-refractivity contribution < 1.29 is 0 Å². The Bertz CT molecular complexity index is 114. The highest BCUT2D eigenvalue weighted by Crippen LogP contribution is 2.26. The minimum Gasteiger partial charge on any atom is -0.328 e. The van der Waals surface area contributed by atoms with Crippen molar-refractivity contribution in [3.05, 3.63) is 0 Å². The third-order valence-electron chi connectivity index (χ3n) is 3.27. The van der Waals surface area contributed by atoms with Gasteiger partial charge in [-0.15, -0.1) is 0 Å². The Kier molecular flexibility index (Phi) is 5.45. The highest BCUT2D eigenvalue weighted by Gasteiger charge is 2.14. The van der Waals surface area contributed by atoms with Crippen molar-refractivity contribution in [2.45, 2.75) is 70.8 Å². The molecule has 0 spiro atoms. The van der Waals surface area contributed by atoms with Crippen LogP contribution in [0.2, 0.25) is 0 Å². The van der Waals surface area contributed by atoms with E-state index in [0.717, 1.165) is 5.92 Å². The third kappa shape index (κ3) is 4.66. The standard InChI is InChI=1S/C12H25N/c1-2-7-12(13)10-11-8-5-3-4-6-9-11/h11-12H,2-10,13H2,1H3. The van der Waals surface area contributed by atoms with Gasteiger partial charge in [-0.1, -0.05) is 51.9 Å². The monoisotopic (exact) mass is 183 g/mol. The van der Waals surface area contributed by atoms with Gasteiger partial charge in [0, 0.05) is 6.04 Å². The average molecular weight is 183 g/mol. The van der Waals surface area contributed by atoms with Gasteiger partial charge in [-0.3, -0.25) is 0 Å². The number of rotatable bonds is 4. The second-order valence-electron chi connectivity index (χ2n) is 4.64. The predicted molar refractivity (Wildman–Crippen MR) is 58.7 cm³/mol. The van der Waals surface area contributed by atoms with Crippen molar-refractivity contribution in [3.8, 4) is 0 Å². The fourth-order valence-electron chi connectivity index (χ4n) is 2.52. The van der Waals surface area contributed by atoms with Crippen LogP contribution in [0.4, 0.5) is 0 Å². The van der Waals surface area contributed by atoms with Gasteiger partial charge in [0.15, 0.2) is 0 Å². The Balaban J connectivity index is 2.17. The first-order valence-electron chi connectivity index (χ1n) is 6.08. The second kappa shape index (κ2) is 6.42. The molecule has 1 unspecified atom stereocenters. The molecule has 1 nitrogen and oxygen atoms in total. The molecule has 1 aliphatic carbocycles. The highest BCUT2D eigenvalue weighted by atomic mass is 14.6. The molecule has 0 aromatic rings. The number of hydrogen-bond acceptors (Lipinski definition) is 1. The molecule has 0 amide bonds. The van der Waals surface area contributed by atoms with E-state index in [4.69, 9.17) is 5.73 Å². The van der Waals surface area contributed by atoms with Crippen LogP contribution in [0.1, 0.15) is 64.7 Å². The summed E-state index contributed by atoms with van der Waals surface area (Å²) in [6.45, 7) is 2.23. The molecule has 1 heteroatoms. The smallest absolute Gasteiger partial charge is 0.00413 e. The Labute approximate surface area is 83.1 Å². The Morgan fingerprint density at radius 2 is 1.77 bits per heavy atom. The quantitative estimate of drug-likeness (QED) is 0.663. The summed E-state index contributed by atoms with van der Waals surface area (Å²) in [5.41, 5.74) is 6.07. The van der Waals surface area contributed by atoms with Crippen molar-refractivity contribution in [2.75, 3.05) is 0 Å². The first-order chi connectivity index (χ1) is 6.33. The molecule has 0 radical (unpaired) electrons. The molecule has 1 rings (SSSR count). The van der Waals surface area contributed by atoms with Crippen LogP contribution in [-0.2, 0) is 0 Å². The van der Waals surface area contributed by atoms with E-state index >= 15 is 0 Å². The summed E-state index contributed by atoms with van der Waals surface area (Å²) in [5, 5.41) is 0. The minimum absolute atomic E-state index is 0.480. The second-order valence-corrected chi connectivity index (χ2v) is 4.64. The van der Waals surface area contributed by atoms with Gasteiger partial charge in [0.05, 0.1) is 0 Å². The molecule has 0 aliphatic heterocycles. The average Bonchev–Trinajstić information content (AvgIpc) is 2.33. The first kappa shape index (κ1) is 11.0. The maximum atomic E-state index is 6.07. The van der Waals surface area contributed by atoms with E-state index in [-0.39, 0.29) is 0 Å². The van der Waals surface area contributed by atoms with Gasteiger partial charge < -0.3 is 5.73 Å². The third-order valence-corrected chi connectivity index (χ3v) is 3.27. The first-order valence-corrected chi connectivity index (χ1v) is 6.08. The molecule has 78 valence electrons. The van der Waals surface area contributed by atoms with Crippen molar-refractivity contribution in [3.63, 3.8) is 0 Å². The van der Waals surface area contributed by atoms with E-state index in [0.29, 0.717) is 6.04 Å².